The lowest BCUT2D eigenvalue weighted by molar-refractivity contribution is 0.371. The summed E-state index contributed by atoms with van der Waals surface area (Å²) in [4.78, 5) is 8.93. The van der Waals surface area contributed by atoms with Crippen molar-refractivity contribution in [3.05, 3.63) is 46.6 Å². The van der Waals surface area contributed by atoms with E-state index in [1.807, 2.05) is 45.0 Å². The van der Waals surface area contributed by atoms with Gasteiger partial charge in [0.2, 0.25) is 5.89 Å². The highest BCUT2D eigenvalue weighted by molar-refractivity contribution is 14.0. The zero-order valence-electron chi connectivity index (χ0n) is 14.8. The Balaban J connectivity index is 0.00000312. The SMILES string of the molecule is CCNC(=NCc1ccc(Cl)cc1)NCCc1nc(C(C)C)no1.I. The zero-order valence-corrected chi connectivity index (χ0v) is 17.8. The molecule has 25 heavy (non-hydrogen) atoms. The van der Waals surface area contributed by atoms with Crippen LogP contribution in [-0.4, -0.2) is 29.2 Å². The Bertz CT molecular complexity index is 657. The van der Waals surface area contributed by atoms with Crippen molar-refractivity contribution in [2.45, 2.75) is 39.7 Å². The highest BCUT2D eigenvalue weighted by Gasteiger charge is 2.09. The fraction of sp³-hybridized carbons (Fsp3) is 0.471. The first-order valence-corrected chi connectivity index (χ1v) is 8.55. The third-order valence-corrected chi connectivity index (χ3v) is 3.56. The summed E-state index contributed by atoms with van der Waals surface area (Å²) in [5.74, 6) is 2.41. The average Bonchev–Trinajstić information content (AvgIpc) is 3.03. The van der Waals surface area contributed by atoms with Crippen molar-refractivity contribution < 1.29 is 4.52 Å². The minimum atomic E-state index is 0. The van der Waals surface area contributed by atoms with Gasteiger partial charge in [0.1, 0.15) is 0 Å². The normalized spacial score (nSPS) is 11.3. The molecule has 6 nitrogen and oxygen atoms in total. The van der Waals surface area contributed by atoms with Crippen molar-refractivity contribution in [2.24, 2.45) is 4.99 Å². The van der Waals surface area contributed by atoms with Crippen LogP contribution in [0.15, 0.2) is 33.8 Å². The molecule has 0 bridgehead atoms. The maximum atomic E-state index is 5.89. The first-order chi connectivity index (χ1) is 11.6. The maximum Gasteiger partial charge on any atom is 0.228 e. The third kappa shape index (κ3) is 7.60. The van der Waals surface area contributed by atoms with Gasteiger partial charge in [-0.3, -0.25) is 0 Å². The largest absolute Gasteiger partial charge is 0.357 e. The van der Waals surface area contributed by atoms with Crippen LogP contribution in [0.3, 0.4) is 0 Å². The van der Waals surface area contributed by atoms with E-state index in [9.17, 15) is 0 Å². The van der Waals surface area contributed by atoms with Crippen LogP contribution in [0.1, 0.15) is 44.0 Å². The maximum absolute atomic E-state index is 5.89. The van der Waals surface area contributed by atoms with Crippen LogP contribution >= 0.6 is 35.6 Å². The molecule has 0 saturated heterocycles. The minimum absolute atomic E-state index is 0. The molecule has 2 aromatic rings. The van der Waals surface area contributed by atoms with Gasteiger partial charge in [0.05, 0.1) is 6.54 Å². The highest BCUT2D eigenvalue weighted by atomic mass is 127. The molecule has 0 unspecified atom stereocenters. The smallest absolute Gasteiger partial charge is 0.228 e. The van der Waals surface area contributed by atoms with E-state index in [0.29, 0.717) is 25.4 Å². The van der Waals surface area contributed by atoms with Gasteiger partial charge in [-0.1, -0.05) is 42.7 Å². The summed E-state index contributed by atoms with van der Waals surface area (Å²) in [6, 6.07) is 7.69. The Hall–Kier alpha value is -1.35. The fourth-order valence-corrected chi connectivity index (χ4v) is 2.12. The Morgan fingerprint density at radius 1 is 1.24 bits per heavy atom. The number of aromatic nitrogens is 2. The summed E-state index contributed by atoms with van der Waals surface area (Å²) < 4.78 is 5.23. The van der Waals surface area contributed by atoms with E-state index < -0.39 is 0 Å². The first kappa shape index (κ1) is 21.7. The van der Waals surface area contributed by atoms with Gasteiger partial charge in [-0.2, -0.15) is 4.98 Å². The highest BCUT2D eigenvalue weighted by Crippen LogP contribution is 2.10. The molecular weight excluding hydrogens is 453 g/mol. The zero-order chi connectivity index (χ0) is 17.4. The number of rotatable bonds is 7. The van der Waals surface area contributed by atoms with Crippen LogP contribution in [-0.2, 0) is 13.0 Å². The number of aliphatic imine (C=N–C) groups is 1. The molecular formula is C17H25ClIN5O. The van der Waals surface area contributed by atoms with Crippen molar-refractivity contribution in [2.75, 3.05) is 13.1 Å². The van der Waals surface area contributed by atoms with Crippen LogP contribution in [0, 0.1) is 0 Å². The topological polar surface area (TPSA) is 75.3 Å². The van der Waals surface area contributed by atoms with E-state index >= 15 is 0 Å². The van der Waals surface area contributed by atoms with Gasteiger partial charge in [-0.05, 0) is 24.6 Å². The van der Waals surface area contributed by atoms with Crippen molar-refractivity contribution in [3.63, 3.8) is 0 Å². The molecule has 0 amide bonds. The predicted molar refractivity (Wildman–Crippen MR) is 112 cm³/mol. The molecule has 1 heterocycles. The number of hydrogen-bond donors (Lipinski definition) is 2. The number of nitrogens with zero attached hydrogens (tertiary/aromatic N) is 3. The predicted octanol–water partition coefficient (Wildman–Crippen LogP) is 3.76. The molecule has 138 valence electrons. The van der Waals surface area contributed by atoms with Crippen molar-refractivity contribution in [1.29, 1.82) is 0 Å². The van der Waals surface area contributed by atoms with Crippen molar-refractivity contribution in [3.8, 4) is 0 Å². The Kier molecular flexibility index (Phi) is 9.81. The standard InChI is InChI=1S/C17H24ClN5O.HI/c1-4-19-17(21-11-13-5-7-14(18)8-6-13)20-10-9-15-22-16(12(2)3)23-24-15;/h5-8,12H,4,9-11H2,1-3H3,(H2,19,20,21);1H. The minimum Gasteiger partial charge on any atom is -0.357 e. The molecule has 2 N–H and O–H groups in total. The Morgan fingerprint density at radius 2 is 1.96 bits per heavy atom. The molecule has 0 atom stereocenters. The molecule has 0 aliphatic heterocycles. The number of halogens is 2. The van der Waals surface area contributed by atoms with Gasteiger partial charge in [0, 0.05) is 30.5 Å². The van der Waals surface area contributed by atoms with Crippen LogP contribution in [0.4, 0.5) is 0 Å². The van der Waals surface area contributed by atoms with E-state index in [-0.39, 0.29) is 29.9 Å². The lowest BCUT2D eigenvalue weighted by Gasteiger charge is -2.10. The lowest BCUT2D eigenvalue weighted by atomic mass is 10.2. The van der Waals surface area contributed by atoms with Gasteiger partial charge in [-0.25, -0.2) is 4.99 Å². The molecule has 0 spiro atoms. The molecule has 0 aliphatic carbocycles. The molecule has 8 heteroatoms. The number of guanidine groups is 1. The molecule has 1 aromatic carbocycles. The fourth-order valence-electron chi connectivity index (χ4n) is 1.99. The van der Waals surface area contributed by atoms with Gasteiger partial charge < -0.3 is 15.2 Å². The van der Waals surface area contributed by atoms with Crippen molar-refractivity contribution >= 4 is 41.5 Å². The van der Waals surface area contributed by atoms with E-state index in [1.165, 1.54) is 0 Å². The molecule has 0 saturated carbocycles. The molecule has 2 rings (SSSR count). The summed E-state index contributed by atoms with van der Waals surface area (Å²) in [5.41, 5.74) is 1.11. The Morgan fingerprint density at radius 3 is 2.56 bits per heavy atom. The van der Waals surface area contributed by atoms with E-state index in [2.05, 4.69) is 25.8 Å². The monoisotopic (exact) mass is 477 g/mol. The second-order valence-electron chi connectivity index (χ2n) is 5.70. The van der Waals surface area contributed by atoms with E-state index in [1.54, 1.807) is 0 Å². The van der Waals surface area contributed by atoms with E-state index in [0.717, 1.165) is 28.9 Å². The molecule has 0 fully saturated rings. The molecule has 0 aliphatic rings. The lowest BCUT2D eigenvalue weighted by Crippen LogP contribution is -2.38. The van der Waals surface area contributed by atoms with Gasteiger partial charge >= 0.3 is 0 Å². The summed E-state index contributed by atoms with van der Waals surface area (Å²) in [7, 11) is 0. The number of nitrogens with one attached hydrogen (secondary N) is 2. The Labute approximate surface area is 170 Å². The van der Waals surface area contributed by atoms with Gasteiger partial charge in [0.25, 0.3) is 0 Å². The molecule has 1 aromatic heterocycles. The second-order valence-corrected chi connectivity index (χ2v) is 6.14. The van der Waals surface area contributed by atoms with Crippen LogP contribution in [0.5, 0.6) is 0 Å². The number of hydrogen-bond acceptors (Lipinski definition) is 4. The van der Waals surface area contributed by atoms with Gasteiger partial charge in [0.15, 0.2) is 11.8 Å². The average molecular weight is 478 g/mol. The number of benzene rings is 1. The summed E-state index contributed by atoms with van der Waals surface area (Å²) >= 11 is 5.89. The quantitative estimate of drug-likeness (QED) is 0.361. The summed E-state index contributed by atoms with van der Waals surface area (Å²) in [6.45, 7) is 8.17. The van der Waals surface area contributed by atoms with Gasteiger partial charge in [-0.15, -0.1) is 24.0 Å². The van der Waals surface area contributed by atoms with E-state index in [4.69, 9.17) is 16.1 Å². The van der Waals surface area contributed by atoms with Crippen LogP contribution < -0.4 is 10.6 Å². The summed E-state index contributed by atoms with van der Waals surface area (Å²) in [6.07, 6.45) is 0.658. The first-order valence-electron chi connectivity index (χ1n) is 8.17. The summed E-state index contributed by atoms with van der Waals surface area (Å²) in [5, 5.41) is 11.2. The third-order valence-electron chi connectivity index (χ3n) is 3.31. The van der Waals surface area contributed by atoms with Crippen LogP contribution in [0.25, 0.3) is 0 Å². The van der Waals surface area contributed by atoms with Crippen molar-refractivity contribution in [1.82, 2.24) is 20.8 Å². The molecule has 0 radical (unpaired) electrons. The second kappa shape index (κ2) is 11.3. The van der Waals surface area contributed by atoms with Crippen LogP contribution in [0.2, 0.25) is 5.02 Å².